The molecule has 0 aliphatic rings. The molecule has 2 rings (SSSR count). The van der Waals surface area contributed by atoms with E-state index in [-0.39, 0.29) is 22.8 Å². The number of ketones is 1. The van der Waals surface area contributed by atoms with Gasteiger partial charge in [-0.25, -0.2) is 4.39 Å². The van der Waals surface area contributed by atoms with Gasteiger partial charge in [-0.3, -0.25) is 9.48 Å². The van der Waals surface area contributed by atoms with Crippen LogP contribution in [0.2, 0.25) is 5.02 Å². The summed E-state index contributed by atoms with van der Waals surface area (Å²) in [5.41, 5.74) is 0.690. The topological polar surface area (TPSA) is 47.8 Å². The molecule has 1 aromatic carbocycles. The van der Waals surface area contributed by atoms with Crippen LogP contribution in [0.1, 0.15) is 16.1 Å². The molecule has 4 nitrogen and oxygen atoms in total. The van der Waals surface area contributed by atoms with Crippen LogP contribution in [0, 0.1) is 5.82 Å². The van der Waals surface area contributed by atoms with E-state index in [9.17, 15) is 9.18 Å². The number of halogens is 2. The van der Waals surface area contributed by atoms with Crippen LogP contribution in [-0.2, 0) is 13.5 Å². The summed E-state index contributed by atoms with van der Waals surface area (Å²) in [6.07, 6.45) is 1.68. The van der Waals surface area contributed by atoms with Gasteiger partial charge in [0.15, 0.2) is 5.78 Å². The number of Topliss-reactive ketones (excluding diaryl/α,β-unsaturated/α-hetero) is 1. The highest BCUT2D eigenvalue weighted by Gasteiger charge is 2.15. The number of rotatable bonds is 3. The van der Waals surface area contributed by atoms with Gasteiger partial charge >= 0.3 is 0 Å². The lowest BCUT2D eigenvalue weighted by Gasteiger charge is -2.02. The van der Waals surface area contributed by atoms with Crippen LogP contribution in [0.3, 0.4) is 0 Å². The van der Waals surface area contributed by atoms with Crippen molar-refractivity contribution in [1.82, 2.24) is 15.0 Å². The van der Waals surface area contributed by atoms with E-state index < -0.39 is 5.82 Å². The quantitative estimate of drug-likeness (QED) is 0.787. The molecule has 88 valence electrons. The van der Waals surface area contributed by atoms with Gasteiger partial charge in [0.2, 0.25) is 0 Å². The zero-order valence-corrected chi connectivity index (χ0v) is 9.78. The van der Waals surface area contributed by atoms with Crippen molar-refractivity contribution in [2.45, 2.75) is 6.42 Å². The van der Waals surface area contributed by atoms with E-state index in [1.807, 2.05) is 0 Å². The summed E-state index contributed by atoms with van der Waals surface area (Å²) < 4.78 is 14.7. The normalized spacial score (nSPS) is 10.5. The van der Waals surface area contributed by atoms with Crippen LogP contribution < -0.4 is 0 Å². The Morgan fingerprint density at radius 1 is 1.53 bits per heavy atom. The van der Waals surface area contributed by atoms with E-state index in [1.54, 1.807) is 13.2 Å². The first kappa shape index (κ1) is 11.7. The zero-order chi connectivity index (χ0) is 12.4. The molecule has 2 aromatic rings. The maximum Gasteiger partial charge on any atom is 0.170 e. The molecule has 0 N–H and O–H groups in total. The van der Waals surface area contributed by atoms with Gasteiger partial charge in [-0.1, -0.05) is 22.9 Å². The number of aryl methyl sites for hydroxylation is 1. The van der Waals surface area contributed by atoms with Gasteiger partial charge < -0.3 is 0 Å². The number of hydrogen-bond acceptors (Lipinski definition) is 3. The lowest BCUT2D eigenvalue weighted by Crippen LogP contribution is -2.05. The van der Waals surface area contributed by atoms with E-state index >= 15 is 0 Å². The number of carbonyl (C=O) groups excluding carboxylic acids is 1. The highest BCUT2D eigenvalue weighted by atomic mass is 35.5. The van der Waals surface area contributed by atoms with E-state index in [4.69, 9.17) is 11.6 Å². The standard InChI is InChI=1S/C11H9ClFN3O/c1-16-6-7(14-15-16)5-10(17)8-3-2-4-9(13)11(8)12/h2-4,6H,5H2,1H3. The SMILES string of the molecule is Cn1cc(CC(=O)c2cccc(F)c2Cl)nn1. The Morgan fingerprint density at radius 2 is 2.29 bits per heavy atom. The third-order valence-corrected chi connectivity index (χ3v) is 2.63. The van der Waals surface area contributed by atoms with Crippen LogP contribution in [0.5, 0.6) is 0 Å². The first-order valence-corrected chi connectivity index (χ1v) is 5.28. The highest BCUT2D eigenvalue weighted by molar-refractivity contribution is 6.34. The van der Waals surface area contributed by atoms with Crippen molar-refractivity contribution in [1.29, 1.82) is 0 Å². The summed E-state index contributed by atoms with van der Waals surface area (Å²) in [5.74, 6) is -0.883. The minimum Gasteiger partial charge on any atom is -0.294 e. The molecule has 0 atom stereocenters. The second-order valence-electron chi connectivity index (χ2n) is 3.58. The Bertz CT molecular complexity index is 568. The Labute approximate surface area is 102 Å². The van der Waals surface area contributed by atoms with Crippen LogP contribution in [-0.4, -0.2) is 20.8 Å². The van der Waals surface area contributed by atoms with Crippen LogP contribution in [0.4, 0.5) is 4.39 Å². The zero-order valence-electron chi connectivity index (χ0n) is 9.02. The van der Waals surface area contributed by atoms with E-state index in [1.165, 1.54) is 22.9 Å². The average molecular weight is 254 g/mol. The fourth-order valence-corrected chi connectivity index (χ4v) is 1.69. The molecular weight excluding hydrogens is 245 g/mol. The fraction of sp³-hybridized carbons (Fsp3) is 0.182. The van der Waals surface area contributed by atoms with Crippen molar-refractivity contribution in [2.24, 2.45) is 7.05 Å². The maximum atomic E-state index is 13.2. The molecule has 17 heavy (non-hydrogen) atoms. The molecule has 0 saturated carbocycles. The summed E-state index contributed by atoms with van der Waals surface area (Å²) in [6, 6.07) is 4.15. The summed E-state index contributed by atoms with van der Waals surface area (Å²) in [7, 11) is 1.70. The molecule has 0 amide bonds. The molecule has 1 aromatic heterocycles. The van der Waals surface area contributed by atoms with Gasteiger partial charge in [-0.15, -0.1) is 5.10 Å². The average Bonchev–Trinajstić information content (AvgIpc) is 2.68. The van der Waals surface area contributed by atoms with Crippen molar-refractivity contribution in [2.75, 3.05) is 0 Å². The lowest BCUT2D eigenvalue weighted by atomic mass is 10.1. The Morgan fingerprint density at radius 3 is 2.94 bits per heavy atom. The first-order valence-electron chi connectivity index (χ1n) is 4.90. The summed E-state index contributed by atoms with van der Waals surface area (Å²) >= 11 is 5.72. The number of carbonyl (C=O) groups is 1. The van der Waals surface area contributed by atoms with Crippen LogP contribution in [0.15, 0.2) is 24.4 Å². The fourth-order valence-electron chi connectivity index (χ4n) is 1.46. The van der Waals surface area contributed by atoms with Gasteiger partial charge in [0.25, 0.3) is 0 Å². The van der Waals surface area contributed by atoms with Crippen molar-refractivity contribution >= 4 is 17.4 Å². The summed E-state index contributed by atoms with van der Waals surface area (Å²) in [6.45, 7) is 0. The minimum atomic E-state index is -0.600. The second-order valence-corrected chi connectivity index (χ2v) is 3.96. The monoisotopic (exact) mass is 253 g/mol. The lowest BCUT2D eigenvalue weighted by molar-refractivity contribution is 0.0991. The van der Waals surface area contributed by atoms with Gasteiger partial charge in [0, 0.05) is 18.8 Å². The van der Waals surface area contributed by atoms with Gasteiger partial charge in [0.1, 0.15) is 5.82 Å². The highest BCUT2D eigenvalue weighted by Crippen LogP contribution is 2.20. The van der Waals surface area contributed by atoms with Crippen molar-refractivity contribution in [3.63, 3.8) is 0 Å². The molecule has 0 aliphatic carbocycles. The smallest absolute Gasteiger partial charge is 0.170 e. The number of benzene rings is 1. The third kappa shape index (κ3) is 2.50. The Balaban J connectivity index is 2.23. The summed E-state index contributed by atoms with van der Waals surface area (Å²) in [5, 5.41) is 7.35. The van der Waals surface area contributed by atoms with E-state index in [0.717, 1.165) is 0 Å². The number of hydrogen-bond donors (Lipinski definition) is 0. The predicted molar refractivity (Wildman–Crippen MR) is 60.4 cm³/mol. The maximum absolute atomic E-state index is 13.2. The van der Waals surface area contributed by atoms with Gasteiger partial charge in [0.05, 0.1) is 17.1 Å². The van der Waals surface area contributed by atoms with Crippen molar-refractivity contribution < 1.29 is 9.18 Å². The molecule has 0 radical (unpaired) electrons. The van der Waals surface area contributed by atoms with E-state index in [2.05, 4.69) is 10.3 Å². The van der Waals surface area contributed by atoms with Crippen molar-refractivity contribution in [3.8, 4) is 0 Å². The van der Waals surface area contributed by atoms with Crippen LogP contribution in [0.25, 0.3) is 0 Å². The molecule has 0 spiro atoms. The number of nitrogens with zero attached hydrogens (tertiary/aromatic N) is 3. The molecule has 0 aliphatic heterocycles. The minimum absolute atomic E-state index is 0.0526. The van der Waals surface area contributed by atoms with Crippen molar-refractivity contribution in [3.05, 3.63) is 46.5 Å². The van der Waals surface area contributed by atoms with Gasteiger partial charge in [-0.2, -0.15) is 0 Å². The molecular formula is C11H9ClFN3O. The molecule has 6 heteroatoms. The Hall–Kier alpha value is -1.75. The first-order chi connectivity index (χ1) is 8.08. The number of aromatic nitrogens is 3. The second kappa shape index (κ2) is 4.63. The van der Waals surface area contributed by atoms with E-state index in [0.29, 0.717) is 5.69 Å². The Kier molecular flexibility index (Phi) is 3.19. The largest absolute Gasteiger partial charge is 0.294 e. The molecule has 0 unspecified atom stereocenters. The van der Waals surface area contributed by atoms with Gasteiger partial charge in [-0.05, 0) is 12.1 Å². The molecule has 0 fully saturated rings. The molecule has 0 bridgehead atoms. The predicted octanol–water partition coefficient (Wildman–Crippen LogP) is 2.03. The summed E-state index contributed by atoms with van der Waals surface area (Å²) in [4.78, 5) is 11.9. The molecule has 1 heterocycles. The molecule has 0 saturated heterocycles. The van der Waals surface area contributed by atoms with Crippen LogP contribution >= 0.6 is 11.6 Å². The third-order valence-electron chi connectivity index (χ3n) is 2.24.